The predicted molar refractivity (Wildman–Crippen MR) is 142 cm³/mol. The molecule has 0 rings (SSSR count). The molecule has 188 valence electrons. The molecular formula is C30H56O2. The number of esters is 1. The third kappa shape index (κ3) is 27.0. The number of rotatable bonds is 24. The van der Waals surface area contributed by atoms with Crippen molar-refractivity contribution < 1.29 is 9.53 Å². The first-order valence-corrected chi connectivity index (χ1v) is 14.1. The molecule has 32 heavy (non-hydrogen) atoms. The van der Waals surface area contributed by atoms with Crippen LogP contribution in [0.1, 0.15) is 149 Å². The summed E-state index contributed by atoms with van der Waals surface area (Å²) < 4.78 is 5.38. The van der Waals surface area contributed by atoms with Crippen molar-refractivity contribution in [2.75, 3.05) is 6.61 Å². The fourth-order valence-corrected chi connectivity index (χ4v) is 3.88. The summed E-state index contributed by atoms with van der Waals surface area (Å²) >= 11 is 0. The lowest BCUT2D eigenvalue weighted by molar-refractivity contribution is -0.143. The Morgan fingerprint density at radius 2 is 1.19 bits per heavy atom. The van der Waals surface area contributed by atoms with Gasteiger partial charge in [-0.05, 0) is 50.9 Å². The molecule has 0 aromatic heterocycles. The van der Waals surface area contributed by atoms with Gasteiger partial charge < -0.3 is 4.74 Å². The Balaban J connectivity index is 3.26. The monoisotopic (exact) mass is 448 g/mol. The summed E-state index contributed by atoms with van der Waals surface area (Å²) in [5.41, 5.74) is 0. The fraction of sp³-hybridized carbons (Fsp3) is 0.833. The SMILES string of the molecule is CCCCCC=CCC=CCCCCCCCC(=O)OCCCCCCCCCC(C)C. The molecule has 0 saturated carbocycles. The number of ether oxygens (including phenoxy) is 1. The Morgan fingerprint density at radius 1 is 0.656 bits per heavy atom. The highest BCUT2D eigenvalue weighted by Crippen LogP contribution is 2.12. The topological polar surface area (TPSA) is 26.3 Å². The fourth-order valence-electron chi connectivity index (χ4n) is 3.88. The van der Waals surface area contributed by atoms with Gasteiger partial charge in [0.25, 0.3) is 0 Å². The summed E-state index contributed by atoms with van der Waals surface area (Å²) in [6.07, 6.45) is 33.5. The van der Waals surface area contributed by atoms with Crippen LogP contribution in [0.4, 0.5) is 0 Å². The summed E-state index contributed by atoms with van der Waals surface area (Å²) in [5.74, 6) is 0.846. The lowest BCUT2D eigenvalue weighted by Crippen LogP contribution is -2.05. The molecule has 0 radical (unpaired) electrons. The summed E-state index contributed by atoms with van der Waals surface area (Å²) in [6, 6.07) is 0. The van der Waals surface area contributed by atoms with Gasteiger partial charge >= 0.3 is 5.97 Å². The quantitative estimate of drug-likeness (QED) is 0.0833. The van der Waals surface area contributed by atoms with Crippen molar-refractivity contribution in [1.82, 2.24) is 0 Å². The molecule has 2 heteroatoms. The van der Waals surface area contributed by atoms with E-state index in [1.54, 1.807) is 0 Å². The normalized spacial score (nSPS) is 11.9. The minimum absolute atomic E-state index is 0.00404. The molecule has 0 heterocycles. The van der Waals surface area contributed by atoms with Crippen molar-refractivity contribution in [2.45, 2.75) is 149 Å². The maximum absolute atomic E-state index is 11.8. The Hall–Kier alpha value is -1.05. The van der Waals surface area contributed by atoms with E-state index in [0.29, 0.717) is 13.0 Å². The van der Waals surface area contributed by atoms with Crippen molar-refractivity contribution in [1.29, 1.82) is 0 Å². The molecular weight excluding hydrogens is 392 g/mol. The molecule has 0 spiro atoms. The molecule has 0 atom stereocenters. The van der Waals surface area contributed by atoms with Crippen molar-refractivity contribution in [2.24, 2.45) is 5.92 Å². The zero-order valence-corrected chi connectivity index (χ0v) is 22.1. The lowest BCUT2D eigenvalue weighted by atomic mass is 10.0. The molecule has 0 unspecified atom stereocenters. The van der Waals surface area contributed by atoms with Crippen molar-refractivity contribution >= 4 is 5.97 Å². The van der Waals surface area contributed by atoms with Gasteiger partial charge in [0.15, 0.2) is 0 Å². The summed E-state index contributed by atoms with van der Waals surface area (Å²) in [4.78, 5) is 11.8. The molecule has 0 aliphatic heterocycles. The second-order valence-electron chi connectivity index (χ2n) is 9.86. The highest BCUT2D eigenvalue weighted by Gasteiger charge is 2.02. The number of unbranched alkanes of at least 4 members (excludes halogenated alkanes) is 14. The van der Waals surface area contributed by atoms with Crippen LogP contribution in [-0.4, -0.2) is 12.6 Å². The average molecular weight is 449 g/mol. The molecule has 0 aliphatic rings. The third-order valence-corrected chi connectivity index (χ3v) is 6.02. The van der Waals surface area contributed by atoms with Gasteiger partial charge in [-0.15, -0.1) is 0 Å². The van der Waals surface area contributed by atoms with Crippen LogP contribution in [0.25, 0.3) is 0 Å². The Labute approximate surface area is 201 Å². The molecule has 0 bridgehead atoms. The van der Waals surface area contributed by atoms with Gasteiger partial charge in [-0.2, -0.15) is 0 Å². The van der Waals surface area contributed by atoms with E-state index in [0.717, 1.165) is 31.6 Å². The van der Waals surface area contributed by atoms with E-state index >= 15 is 0 Å². The number of hydrogen-bond donors (Lipinski definition) is 0. The number of carbonyl (C=O) groups excluding carboxylic acids is 1. The van der Waals surface area contributed by atoms with Crippen molar-refractivity contribution in [3.63, 3.8) is 0 Å². The summed E-state index contributed by atoms with van der Waals surface area (Å²) in [7, 11) is 0. The summed E-state index contributed by atoms with van der Waals surface area (Å²) in [6.45, 7) is 7.47. The van der Waals surface area contributed by atoms with E-state index in [1.165, 1.54) is 96.3 Å². The van der Waals surface area contributed by atoms with Gasteiger partial charge in [0, 0.05) is 6.42 Å². The number of allylic oxidation sites excluding steroid dienone is 4. The van der Waals surface area contributed by atoms with Gasteiger partial charge in [-0.25, -0.2) is 0 Å². The third-order valence-electron chi connectivity index (χ3n) is 6.02. The first-order chi connectivity index (χ1) is 15.7. The van der Waals surface area contributed by atoms with E-state index in [-0.39, 0.29) is 5.97 Å². The highest BCUT2D eigenvalue weighted by molar-refractivity contribution is 5.69. The average Bonchev–Trinajstić information content (AvgIpc) is 2.77. The van der Waals surface area contributed by atoms with E-state index in [2.05, 4.69) is 45.1 Å². The number of hydrogen-bond acceptors (Lipinski definition) is 2. The van der Waals surface area contributed by atoms with Crippen LogP contribution in [0.15, 0.2) is 24.3 Å². The molecule has 0 saturated heterocycles. The van der Waals surface area contributed by atoms with Crippen molar-refractivity contribution in [3.05, 3.63) is 24.3 Å². The zero-order chi connectivity index (χ0) is 23.5. The lowest BCUT2D eigenvalue weighted by Gasteiger charge is -2.06. The summed E-state index contributed by atoms with van der Waals surface area (Å²) in [5, 5.41) is 0. The molecule has 0 N–H and O–H groups in total. The Kier molecular flexibility index (Phi) is 25.3. The van der Waals surface area contributed by atoms with Gasteiger partial charge in [-0.1, -0.05) is 122 Å². The maximum atomic E-state index is 11.8. The first-order valence-electron chi connectivity index (χ1n) is 14.1. The van der Waals surface area contributed by atoms with E-state index in [1.807, 2.05) is 0 Å². The minimum atomic E-state index is 0.00404. The second-order valence-corrected chi connectivity index (χ2v) is 9.86. The van der Waals surface area contributed by atoms with Gasteiger partial charge in [0.2, 0.25) is 0 Å². The van der Waals surface area contributed by atoms with Crippen LogP contribution < -0.4 is 0 Å². The van der Waals surface area contributed by atoms with Crippen LogP contribution in [0.2, 0.25) is 0 Å². The Bertz CT molecular complexity index is 436. The molecule has 0 amide bonds. The maximum Gasteiger partial charge on any atom is 0.305 e. The van der Waals surface area contributed by atoms with Crippen LogP contribution in [0.3, 0.4) is 0 Å². The van der Waals surface area contributed by atoms with E-state index in [9.17, 15) is 4.79 Å². The largest absolute Gasteiger partial charge is 0.466 e. The van der Waals surface area contributed by atoms with E-state index in [4.69, 9.17) is 4.74 Å². The second kappa shape index (κ2) is 26.2. The molecule has 0 aliphatic carbocycles. The molecule has 2 nitrogen and oxygen atoms in total. The number of carbonyl (C=O) groups is 1. The van der Waals surface area contributed by atoms with Gasteiger partial charge in [0.1, 0.15) is 0 Å². The standard InChI is InChI=1S/C30H56O2/c1-4-5-6-7-8-9-10-11-12-13-14-15-18-21-24-27-30(31)32-28-25-22-19-16-17-20-23-26-29(2)3/h8-9,11-12,29H,4-7,10,13-28H2,1-3H3. The smallest absolute Gasteiger partial charge is 0.305 e. The zero-order valence-electron chi connectivity index (χ0n) is 22.1. The van der Waals surface area contributed by atoms with Crippen LogP contribution in [0, 0.1) is 5.92 Å². The molecule has 0 fully saturated rings. The van der Waals surface area contributed by atoms with Gasteiger partial charge in [0.05, 0.1) is 6.61 Å². The van der Waals surface area contributed by atoms with Crippen LogP contribution in [-0.2, 0) is 9.53 Å². The van der Waals surface area contributed by atoms with Crippen LogP contribution >= 0.6 is 0 Å². The van der Waals surface area contributed by atoms with Gasteiger partial charge in [-0.3, -0.25) is 4.79 Å². The predicted octanol–water partition coefficient (Wildman–Crippen LogP) is 10.1. The first kappa shape index (κ1) is 30.9. The van der Waals surface area contributed by atoms with Crippen molar-refractivity contribution in [3.8, 4) is 0 Å². The van der Waals surface area contributed by atoms with Crippen LogP contribution in [0.5, 0.6) is 0 Å². The molecule has 0 aromatic rings. The van der Waals surface area contributed by atoms with E-state index < -0.39 is 0 Å². The molecule has 0 aromatic carbocycles. The Morgan fingerprint density at radius 3 is 1.81 bits per heavy atom. The highest BCUT2D eigenvalue weighted by atomic mass is 16.5. The minimum Gasteiger partial charge on any atom is -0.466 e.